The summed E-state index contributed by atoms with van der Waals surface area (Å²) in [5, 5.41) is 18.8. The van der Waals surface area contributed by atoms with Gasteiger partial charge in [-0.25, -0.2) is 0 Å². The molecule has 1 fully saturated rings. The number of nitriles is 1. The molecule has 0 radical (unpaired) electrons. The molecule has 1 aromatic carbocycles. The Hall–Kier alpha value is -1.53. The molecule has 0 spiro atoms. The lowest BCUT2D eigenvalue weighted by atomic mass is 9.57. The third-order valence-electron chi connectivity index (χ3n) is 5.76. The molecule has 1 aliphatic heterocycles. The van der Waals surface area contributed by atoms with Gasteiger partial charge in [0.15, 0.2) is 0 Å². The summed E-state index contributed by atoms with van der Waals surface area (Å²) in [5.41, 5.74) is 2.90. The van der Waals surface area contributed by atoms with E-state index in [9.17, 15) is 5.11 Å². The maximum atomic E-state index is 9.88. The predicted molar refractivity (Wildman–Crippen MR) is 83.2 cm³/mol. The first-order chi connectivity index (χ1) is 10.1. The van der Waals surface area contributed by atoms with E-state index in [1.54, 1.807) is 0 Å². The largest absolute Gasteiger partial charge is 0.508 e. The van der Waals surface area contributed by atoms with Crippen molar-refractivity contribution in [2.75, 3.05) is 13.1 Å². The van der Waals surface area contributed by atoms with Crippen molar-refractivity contribution >= 4 is 0 Å². The van der Waals surface area contributed by atoms with Crippen LogP contribution in [0.4, 0.5) is 0 Å². The molecular weight excluding hydrogens is 260 g/mol. The van der Waals surface area contributed by atoms with Crippen molar-refractivity contribution in [3.8, 4) is 11.8 Å². The van der Waals surface area contributed by atoms with Crippen LogP contribution in [-0.2, 0) is 11.8 Å². The van der Waals surface area contributed by atoms with Crippen LogP contribution in [0.1, 0.15) is 44.2 Å². The number of hydrogen-bond donors (Lipinski definition) is 1. The Morgan fingerprint density at radius 2 is 2.29 bits per heavy atom. The number of aromatic hydroxyl groups is 1. The van der Waals surface area contributed by atoms with Gasteiger partial charge in [0.2, 0.25) is 0 Å². The smallest absolute Gasteiger partial charge is 0.115 e. The summed E-state index contributed by atoms with van der Waals surface area (Å²) in [6.07, 6.45) is 3.93. The van der Waals surface area contributed by atoms with E-state index in [2.05, 4.69) is 30.9 Å². The lowest BCUT2D eigenvalue weighted by molar-refractivity contribution is 0.0212. The van der Waals surface area contributed by atoms with Gasteiger partial charge in [0.1, 0.15) is 5.75 Å². The zero-order valence-electron chi connectivity index (χ0n) is 13.0. The molecule has 1 saturated heterocycles. The van der Waals surface area contributed by atoms with Crippen LogP contribution in [0, 0.1) is 17.2 Å². The average molecular weight is 284 g/mol. The predicted octanol–water partition coefficient (Wildman–Crippen LogP) is 3.22. The molecule has 112 valence electrons. The molecule has 0 amide bonds. The Labute approximate surface area is 127 Å². The van der Waals surface area contributed by atoms with Gasteiger partial charge < -0.3 is 5.11 Å². The van der Waals surface area contributed by atoms with E-state index in [1.165, 1.54) is 11.1 Å². The number of piperidine rings is 1. The molecule has 1 unspecified atom stereocenters. The average Bonchev–Trinajstić information content (AvgIpc) is 2.47. The highest BCUT2D eigenvalue weighted by atomic mass is 16.3. The maximum absolute atomic E-state index is 9.88. The molecule has 21 heavy (non-hydrogen) atoms. The molecule has 3 rings (SSSR count). The van der Waals surface area contributed by atoms with E-state index >= 15 is 0 Å². The standard InChI is InChI=1S/C18H24N2O/c1-3-15-17-11-13-5-6-14(21)12-16(13)18(15,2)7-10-20(17)9-4-8-19/h5-6,12,15,17,21H,3-4,7,9-11H2,1-2H3/t15-,17?,18-/m0/s1. The van der Waals surface area contributed by atoms with Crippen LogP contribution in [0.15, 0.2) is 18.2 Å². The Morgan fingerprint density at radius 1 is 1.48 bits per heavy atom. The molecular formula is C18H24N2O. The summed E-state index contributed by atoms with van der Waals surface area (Å²) in [7, 11) is 0. The van der Waals surface area contributed by atoms with Gasteiger partial charge in [0.05, 0.1) is 6.07 Å². The Bertz CT molecular complexity index is 577. The zero-order chi connectivity index (χ0) is 15.0. The van der Waals surface area contributed by atoms with Crippen molar-refractivity contribution in [2.24, 2.45) is 5.92 Å². The first kappa shape index (κ1) is 14.4. The maximum Gasteiger partial charge on any atom is 0.115 e. The molecule has 3 nitrogen and oxygen atoms in total. The van der Waals surface area contributed by atoms with Crippen LogP contribution in [0.25, 0.3) is 0 Å². The number of nitrogens with zero attached hydrogens (tertiary/aromatic N) is 2. The van der Waals surface area contributed by atoms with Gasteiger partial charge in [0, 0.05) is 19.0 Å². The van der Waals surface area contributed by atoms with E-state index in [4.69, 9.17) is 5.26 Å². The van der Waals surface area contributed by atoms with Gasteiger partial charge in [-0.3, -0.25) is 4.90 Å². The molecule has 0 aromatic heterocycles. The summed E-state index contributed by atoms with van der Waals surface area (Å²) < 4.78 is 0. The fraction of sp³-hybridized carbons (Fsp3) is 0.611. The molecule has 3 atom stereocenters. The number of phenols is 1. The van der Waals surface area contributed by atoms with Gasteiger partial charge >= 0.3 is 0 Å². The van der Waals surface area contributed by atoms with Crippen LogP contribution in [-0.4, -0.2) is 29.1 Å². The highest BCUT2D eigenvalue weighted by Gasteiger charge is 2.49. The summed E-state index contributed by atoms with van der Waals surface area (Å²) in [6.45, 7) is 6.60. The molecule has 1 N–H and O–H groups in total. The Morgan fingerprint density at radius 3 is 3.00 bits per heavy atom. The van der Waals surface area contributed by atoms with Crippen LogP contribution in [0.3, 0.4) is 0 Å². The lowest BCUT2D eigenvalue weighted by Crippen LogP contribution is -2.58. The zero-order valence-corrected chi connectivity index (χ0v) is 13.0. The topological polar surface area (TPSA) is 47.3 Å². The minimum atomic E-state index is 0.162. The van der Waals surface area contributed by atoms with E-state index in [0.29, 0.717) is 24.1 Å². The van der Waals surface area contributed by atoms with Crippen molar-refractivity contribution in [2.45, 2.75) is 51.0 Å². The highest BCUT2D eigenvalue weighted by molar-refractivity contribution is 5.44. The fourth-order valence-electron chi connectivity index (χ4n) is 4.71. The molecule has 1 aromatic rings. The van der Waals surface area contributed by atoms with Crippen molar-refractivity contribution in [3.05, 3.63) is 29.3 Å². The Kier molecular flexibility index (Phi) is 3.67. The van der Waals surface area contributed by atoms with Crippen LogP contribution in [0.2, 0.25) is 0 Å². The van der Waals surface area contributed by atoms with Gasteiger partial charge in [-0.2, -0.15) is 5.26 Å². The third-order valence-corrected chi connectivity index (χ3v) is 5.76. The number of likely N-dealkylation sites (tertiary alicyclic amines) is 1. The summed E-state index contributed by atoms with van der Waals surface area (Å²) in [6, 6.07) is 8.71. The normalized spacial score (nSPS) is 31.5. The third kappa shape index (κ3) is 2.22. The van der Waals surface area contributed by atoms with E-state index in [1.807, 2.05) is 12.1 Å². The second-order valence-electron chi connectivity index (χ2n) is 6.74. The van der Waals surface area contributed by atoms with Crippen LogP contribution in [0.5, 0.6) is 5.75 Å². The second kappa shape index (κ2) is 5.35. The summed E-state index contributed by atoms with van der Waals surface area (Å²) >= 11 is 0. The first-order valence-corrected chi connectivity index (χ1v) is 8.03. The van der Waals surface area contributed by atoms with E-state index in [0.717, 1.165) is 32.4 Å². The highest BCUT2D eigenvalue weighted by Crippen LogP contribution is 2.50. The Balaban J connectivity index is 2.01. The quantitative estimate of drug-likeness (QED) is 0.927. The van der Waals surface area contributed by atoms with Crippen molar-refractivity contribution in [1.82, 2.24) is 4.90 Å². The van der Waals surface area contributed by atoms with Gasteiger partial charge in [-0.1, -0.05) is 26.3 Å². The molecule has 1 heterocycles. The number of hydrogen-bond acceptors (Lipinski definition) is 3. The number of phenolic OH excluding ortho intramolecular Hbond substituents is 1. The fourth-order valence-corrected chi connectivity index (χ4v) is 4.71. The minimum Gasteiger partial charge on any atom is -0.508 e. The van der Waals surface area contributed by atoms with Crippen molar-refractivity contribution < 1.29 is 5.11 Å². The van der Waals surface area contributed by atoms with Crippen LogP contribution < -0.4 is 0 Å². The molecule has 1 aliphatic carbocycles. The molecule has 3 heteroatoms. The first-order valence-electron chi connectivity index (χ1n) is 8.03. The molecule has 2 bridgehead atoms. The van der Waals surface area contributed by atoms with E-state index < -0.39 is 0 Å². The number of fused-ring (bicyclic) bond motifs is 4. The molecule has 0 saturated carbocycles. The lowest BCUT2D eigenvalue weighted by Gasteiger charge is -2.55. The van der Waals surface area contributed by atoms with Gasteiger partial charge in [0.25, 0.3) is 0 Å². The molecule has 2 aliphatic rings. The van der Waals surface area contributed by atoms with Crippen molar-refractivity contribution in [3.63, 3.8) is 0 Å². The van der Waals surface area contributed by atoms with Gasteiger partial charge in [-0.05, 0) is 54.0 Å². The van der Waals surface area contributed by atoms with Crippen LogP contribution >= 0.6 is 0 Å². The van der Waals surface area contributed by atoms with Gasteiger partial charge in [-0.15, -0.1) is 0 Å². The number of benzene rings is 1. The summed E-state index contributed by atoms with van der Waals surface area (Å²) in [5.74, 6) is 0.995. The monoisotopic (exact) mass is 284 g/mol. The second-order valence-corrected chi connectivity index (χ2v) is 6.74. The minimum absolute atomic E-state index is 0.162. The number of rotatable bonds is 3. The summed E-state index contributed by atoms with van der Waals surface area (Å²) in [4.78, 5) is 2.52. The van der Waals surface area contributed by atoms with E-state index in [-0.39, 0.29) is 5.41 Å². The van der Waals surface area contributed by atoms with Crippen molar-refractivity contribution in [1.29, 1.82) is 5.26 Å². The SMILES string of the molecule is CC[C@H]1C2Cc3ccc(O)cc3[C@@]1(C)CCN2CCC#N.